The van der Waals surface area contributed by atoms with Gasteiger partial charge in [-0.15, -0.1) is 0 Å². The van der Waals surface area contributed by atoms with Gasteiger partial charge in [0, 0.05) is 44.0 Å². The van der Waals surface area contributed by atoms with Gasteiger partial charge < -0.3 is 15.7 Å². The van der Waals surface area contributed by atoms with Crippen LogP contribution in [-0.2, 0) is 13.2 Å². The molecule has 0 aromatic heterocycles. The maximum atomic E-state index is 13.9. The third kappa shape index (κ3) is 4.00. The summed E-state index contributed by atoms with van der Waals surface area (Å²) in [7, 11) is 0. The number of carbonyl (C=O) groups is 1. The fraction of sp³-hybridized carbons (Fsp3) is 0.316. The van der Waals surface area contributed by atoms with E-state index in [9.17, 15) is 13.6 Å². The van der Waals surface area contributed by atoms with Crippen molar-refractivity contribution in [2.75, 3.05) is 31.1 Å². The van der Waals surface area contributed by atoms with Crippen LogP contribution < -0.4 is 10.6 Å². The zero-order valence-electron chi connectivity index (χ0n) is 14.3. The zero-order chi connectivity index (χ0) is 18.7. The van der Waals surface area contributed by atoms with Crippen LogP contribution in [-0.4, -0.2) is 42.1 Å². The van der Waals surface area contributed by atoms with Crippen molar-refractivity contribution in [1.29, 1.82) is 0 Å². The molecule has 0 unspecified atom stereocenters. The van der Waals surface area contributed by atoms with Gasteiger partial charge in [-0.05, 0) is 29.8 Å². The summed E-state index contributed by atoms with van der Waals surface area (Å²) in [5.41, 5.74) is 6.87. The molecule has 0 atom stereocenters. The average molecular weight is 361 g/mol. The number of anilines is 1. The molecule has 0 bridgehead atoms. The molecule has 1 saturated heterocycles. The fourth-order valence-corrected chi connectivity index (χ4v) is 3.14. The molecular weight excluding hydrogens is 340 g/mol. The van der Waals surface area contributed by atoms with Crippen LogP contribution in [0.4, 0.5) is 14.5 Å². The van der Waals surface area contributed by atoms with E-state index in [1.54, 1.807) is 12.1 Å². The Morgan fingerprint density at radius 2 is 1.77 bits per heavy atom. The molecule has 1 fully saturated rings. The standard InChI is InChI=1S/C19H21F2N3O2/c20-17-9-13(1-2-14(17)12-25)11-23-5-7-24(8-6-23)15-3-4-16(19(22)26)18(21)10-15/h1-4,9-10,25H,5-8,11-12H2,(H2,22,26). The normalized spacial score (nSPS) is 15.3. The number of rotatable bonds is 5. The van der Waals surface area contributed by atoms with Crippen molar-refractivity contribution in [3.8, 4) is 0 Å². The first-order valence-electron chi connectivity index (χ1n) is 8.42. The molecule has 1 aliphatic rings. The van der Waals surface area contributed by atoms with Crippen LogP contribution >= 0.6 is 0 Å². The van der Waals surface area contributed by atoms with Crippen molar-refractivity contribution in [1.82, 2.24) is 4.90 Å². The third-order valence-corrected chi connectivity index (χ3v) is 4.65. The molecular formula is C19H21F2N3O2. The summed E-state index contributed by atoms with van der Waals surface area (Å²) in [4.78, 5) is 15.3. The fourth-order valence-electron chi connectivity index (χ4n) is 3.14. The molecule has 0 spiro atoms. The van der Waals surface area contributed by atoms with Crippen LogP contribution in [0.3, 0.4) is 0 Å². The second-order valence-electron chi connectivity index (χ2n) is 6.38. The van der Waals surface area contributed by atoms with Crippen LogP contribution in [0.5, 0.6) is 0 Å². The Morgan fingerprint density at radius 1 is 1.04 bits per heavy atom. The second-order valence-corrected chi connectivity index (χ2v) is 6.38. The summed E-state index contributed by atoms with van der Waals surface area (Å²) in [6.07, 6.45) is 0. The molecule has 7 heteroatoms. The molecule has 0 saturated carbocycles. The predicted molar refractivity (Wildman–Crippen MR) is 94.7 cm³/mol. The highest BCUT2D eigenvalue weighted by Crippen LogP contribution is 2.21. The zero-order valence-corrected chi connectivity index (χ0v) is 14.3. The molecule has 3 rings (SSSR count). The number of carbonyl (C=O) groups excluding carboxylic acids is 1. The highest BCUT2D eigenvalue weighted by molar-refractivity contribution is 5.93. The highest BCUT2D eigenvalue weighted by atomic mass is 19.1. The number of primary amides is 1. The van der Waals surface area contributed by atoms with Gasteiger partial charge >= 0.3 is 0 Å². The van der Waals surface area contributed by atoms with Crippen molar-refractivity contribution in [3.05, 3.63) is 64.7 Å². The minimum Gasteiger partial charge on any atom is -0.392 e. The van der Waals surface area contributed by atoms with Gasteiger partial charge in [-0.2, -0.15) is 0 Å². The van der Waals surface area contributed by atoms with Gasteiger partial charge in [-0.3, -0.25) is 9.69 Å². The van der Waals surface area contributed by atoms with Crippen LogP contribution in [0.15, 0.2) is 36.4 Å². The molecule has 2 aromatic carbocycles. The van der Waals surface area contributed by atoms with E-state index >= 15 is 0 Å². The Kier molecular flexibility index (Phi) is 5.49. The minimum absolute atomic E-state index is 0.110. The first-order chi connectivity index (χ1) is 12.5. The van der Waals surface area contributed by atoms with Gasteiger partial charge in [-0.1, -0.05) is 12.1 Å². The van der Waals surface area contributed by atoms with E-state index in [-0.39, 0.29) is 12.2 Å². The van der Waals surface area contributed by atoms with E-state index in [1.807, 2.05) is 11.0 Å². The van der Waals surface area contributed by atoms with E-state index in [4.69, 9.17) is 10.8 Å². The Balaban J connectivity index is 1.60. The summed E-state index contributed by atoms with van der Waals surface area (Å²) < 4.78 is 27.7. The van der Waals surface area contributed by atoms with Crippen molar-refractivity contribution >= 4 is 11.6 Å². The van der Waals surface area contributed by atoms with Crippen molar-refractivity contribution in [2.24, 2.45) is 5.73 Å². The molecule has 3 N–H and O–H groups in total. The lowest BCUT2D eigenvalue weighted by atomic mass is 10.1. The third-order valence-electron chi connectivity index (χ3n) is 4.65. The lowest BCUT2D eigenvalue weighted by Gasteiger charge is -2.36. The molecule has 1 aliphatic heterocycles. The molecule has 1 amide bonds. The first-order valence-corrected chi connectivity index (χ1v) is 8.42. The smallest absolute Gasteiger partial charge is 0.251 e. The number of piperazine rings is 1. The van der Waals surface area contributed by atoms with E-state index < -0.39 is 17.5 Å². The Morgan fingerprint density at radius 3 is 2.35 bits per heavy atom. The van der Waals surface area contributed by atoms with Crippen LogP contribution in [0, 0.1) is 11.6 Å². The van der Waals surface area contributed by atoms with Crippen molar-refractivity contribution < 1.29 is 18.7 Å². The van der Waals surface area contributed by atoms with E-state index in [0.717, 1.165) is 18.7 Å². The lowest BCUT2D eigenvalue weighted by molar-refractivity contribution is 0.0996. The number of nitrogens with two attached hydrogens (primary N) is 1. The quantitative estimate of drug-likeness (QED) is 0.853. The van der Waals surface area contributed by atoms with Crippen molar-refractivity contribution in [2.45, 2.75) is 13.2 Å². The summed E-state index contributed by atoms with van der Waals surface area (Å²) >= 11 is 0. The topological polar surface area (TPSA) is 69.8 Å². The number of halogens is 2. The van der Waals surface area contributed by atoms with Crippen LogP contribution in [0.1, 0.15) is 21.5 Å². The summed E-state index contributed by atoms with van der Waals surface area (Å²) in [5, 5.41) is 9.03. The van der Waals surface area contributed by atoms with Gasteiger partial charge in [-0.25, -0.2) is 8.78 Å². The highest BCUT2D eigenvalue weighted by Gasteiger charge is 2.19. The minimum atomic E-state index is -0.779. The Hall–Kier alpha value is -2.51. The van der Waals surface area contributed by atoms with Crippen LogP contribution in [0.25, 0.3) is 0 Å². The number of hydrogen-bond donors (Lipinski definition) is 2. The molecule has 138 valence electrons. The second kappa shape index (κ2) is 7.80. The van der Waals surface area contributed by atoms with Gasteiger partial charge in [0.1, 0.15) is 11.6 Å². The SMILES string of the molecule is NC(=O)c1ccc(N2CCN(Cc3ccc(CO)c(F)c3)CC2)cc1F. The van der Waals surface area contributed by atoms with Gasteiger partial charge in [0.25, 0.3) is 5.91 Å². The molecule has 5 nitrogen and oxygen atoms in total. The van der Waals surface area contributed by atoms with E-state index in [0.29, 0.717) is 30.9 Å². The van der Waals surface area contributed by atoms with Gasteiger partial charge in [0.2, 0.25) is 0 Å². The number of benzene rings is 2. The van der Waals surface area contributed by atoms with Crippen LogP contribution in [0.2, 0.25) is 0 Å². The number of nitrogens with zero attached hydrogens (tertiary/aromatic N) is 2. The van der Waals surface area contributed by atoms with E-state index in [1.165, 1.54) is 18.2 Å². The molecule has 2 aromatic rings. The summed E-state index contributed by atoms with van der Waals surface area (Å²) in [6, 6.07) is 9.31. The van der Waals surface area contributed by atoms with Gasteiger partial charge in [0.15, 0.2) is 0 Å². The number of amides is 1. The molecule has 0 radical (unpaired) electrons. The number of aliphatic hydroxyl groups excluding tert-OH is 1. The number of aliphatic hydroxyl groups is 1. The first kappa shape index (κ1) is 18.3. The Labute approximate surface area is 150 Å². The van der Waals surface area contributed by atoms with E-state index in [2.05, 4.69) is 4.90 Å². The summed E-state index contributed by atoms with van der Waals surface area (Å²) in [6.45, 7) is 3.21. The Bertz CT molecular complexity index is 805. The average Bonchev–Trinajstić information content (AvgIpc) is 2.62. The lowest BCUT2D eigenvalue weighted by Crippen LogP contribution is -2.46. The maximum absolute atomic E-state index is 13.9. The molecule has 1 heterocycles. The molecule has 26 heavy (non-hydrogen) atoms. The largest absolute Gasteiger partial charge is 0.392 e. The summed E-state index contributed by atoms with van der Waals surface area (Å²) in [5.74, 6) is -1.79. The van der Waals surface area contributed by atoms with Crippen molar-refractivity contribution in [3.63, 3.8) is 0 Å². The predicted octanol–water partition coefficient (Wildman–Crippen LogP) is 1.88. The monoisotopic (exact) mass is 361 g/mol. The maximum Gasteiger partial charge on any atom is 0.251 e. The molecule has 0 aliphatic carbocycles. The number of hydrogen-bond acceptors (Lipinski definition) is 4. The van der Waals surface area contributed by atoms with Gasteiger partial charge in [0.05, 0.1) is 12.2 Å².